The summed E-state index contributed by atoms with van der Waals surface area (Å²) in [5.41, 5.74) is 2.38. The minimum Gasteiger partial charge on any atom is -0.488 e. The van der Waals surface area contributed by atoms with Crippen molar-refractivity contribution in [3.8, 4) is 11.8 Å². The van der Waals surface area contributed by atoms with Gasteiger partial charge in [-0.15, -0.1) is 0 Å². The van der Waals surface area contributed by atoms with Crippen LogP contribution in [-0.4, -0.2) is 11.6 Å². The first-order chi connectivity index (χ1) is 12.1. The van der Waals surface area contributed by atoms with Crippen molar-refractivity contribution in [1.82, 2.24) is 4.98 Å². The van der Waals surface area contributed by atoms with Crippen LogP contribution in [0.15, 0.2) is 62.4 Å². The average molecular weight is 460 g/mol. The molecule has 1 heterocycles. The Balaban J connectivity index is 2.10. The summed E-state index contributed by atoms with van der Waals surface area (Å²) in [7, 11) is 0. The molecule has 0 amide bonds. The highest BCUT2D eigenvalue weighted by molar-refractivity contribution is 9.11. The standard InChI is InChI=1S/C19H12Br2N2O2/c1-2-7-24-18-12(9-14(20)10-15(18)21)8-13(11-22)19-23-16-5-3-4-6-17(16)25-19/h2-6,8-10H,1,7H2/b13-8+. The molecule has 3 rings (SSSR count). The van der Waals surface area contributed by atoms with Gasteiger partial charge in [0.1, 0.15) is 29.5 Å². The fraction of sp³-hybridized carbons (Fsp3) is 0.0526. The first-order valence-electron chi connectivity index (χ1n) is 7.33. The van der Waals surface area contributed by atoms with Gasteiger partial charge in [0.2, 0.25) is 5.89 Å². The van der Waals surface area contributed by atoms with Crippen LogP contribution in [0.1, 0.15) is 11.5 Å². The van der Waals surface area contributed by atoms with Gasteiger partial charge in [-0.2, -0.15) is 5.26 Å². The molecule has 25 heavy (non-hydrogen) atoms. The van der Waals surface area contributed by atoms with Crippen LogP contribution in [0.4, 0.5) is 0 Å². The number of benzene rings is 2. The quantitative estimate of drug-likeness (QED) is 0.347. The van der Waals surface area contributed by atoms with Crippen molar-refractivity contribution in [3.05, 3.63) is 69.5 Å². The second kappa shape index (κ2) is 7.68. The Hall–Kier alpha value is -2.36. The Morgan fingerprint density at radius 1 is 1.32 bits per heavy atom. The monoisotopic (exact) mass is 458 g/mol. The lowest BCUT2D eigenvalue weighted by Crippen LogP contribution is -1.97. The number of fused-ring (bicyclic) bond motifs is 1. The van der Waals surface area contributed by atoms with Crippen LogP contribution in [-0.2, 0) is 0 Å². The predicted octanol–water partition coefficient (Wildman–Crippen LogP) is 5.98. The molecule has 3 aromatic rings. The number of oxazole rings is 1. The number of aromatic nitrogens is 1. The molecule has 0 saturated carbocycles. The Labute approximate surface area is 161 Å². The Morgan fingerprint density at radius 2 is 2.12 bits per heavy atom. The van der Waals surface area contributed by atoms with E-state index in [9.17, 15) is 5.26 Å². The second-order valence-corrected chi connectivity index (χ2v) is 6.83. The van der Waals surface area contributed by atoms with Crippen molar-refractivity contribution in [2.24, 2.45) is 0 Å². The van der Waals surface area contributed by atoms with E-state index in [4.69, 9.17) is 9.15 Å². The summed E-state index contributed by atoms with van der Waals surface area (Å²) in [6.45, 7) is 4.01. The van der Waals surface area contributed by atoms with Crippen molar-refractivity contribution in [2.45, 2.75) is 0 Å². The lowest BCUT2D eigenvalue weighted by Gasteiger charge is -2.10. The number of para-hydroxylation sites is 2. The zero-order valence-corrected chi connectivity index (χ0v) is 16.2. The summed E-state index contributed by atoms with van der Waals surface area (Å²) in [6, 6.07) is 13.3. The number of allylic oxidation sites excluding steroid dienone is 1. The van der Waals surface area contributed by atoms with Crippen LogP contribution in [0, 0.1) is 11.3 Å². The van der Waals surface area contributed by atoms with E-state index in [0.29, 0.717) is 29.0 Å². The van der Waals surface area contributed by atoms with E-state index in [1.54, 1.807) is 12.2 Å². The van der Waals surface area contributed by atoms with Gasteiger partial charge in [0.25, 0.3) is 0 Å². The van der Waals surface area contributed by atoms with Gasteiger partial charge in [-0.1, -0.05) is 40.7 Å². The minimum atomic E-state index is 0.273. The summed E-state index contributed by atoms with van der Waals surface area (Å²) in [4.78, 5) is 4.38. The van der Waals surface area contributed by atoms with E-state index in [-0.39, 0.29) is 5.89 Å². The van der Waals surface area contributed by atoms with Crippen LogP contribution < -0.4 is 4.74 Å². The van der Waals surface area contributed by atoms with Crippen LogP contribution in [0.5, 0.6) is 5.75 Å². The fourth-order valence-electron chi connectivity index (χ4n) is 2.27. The molecule has 0 N–H and O–H groups in total. The molecule has 0 spiro atoms. The van der Waals surface area contributed by atoms with Gasteiger partial charge in [-0.05, 0) is 46.3 Å². The molecule has 0 radical (unpaired) electrons. The molecule has 1 aromatic heterocycles. The Bertz CT molecular complexity index is 983. The highest BCUT2D eigenvalue weighted by Crippen LogP contribution is 2.35. The molecule has 0 aliphatic rings. The number of hydrogen-bond acceptors (Lipinski definition) is 4. The van der Waals surface area contributed by atoms with Crippen molar-refractivity contribution >= 4 is 54.6 Å². The second-order valence-electron chi connectivity index (χ2n) is 5.06. The summed E-state index contributed by atoms with van der Waals surface area (Å²) in [5, 5.41) is 9.57. The number of ether oxygens (including phenoxy) is 1. The molecular formula is C19H12Br2N2O2. The number of rotatable bonds is 5. The maximum Gasteiger partial charge on any atom is 0.238 e. The molecule has 2 aromatic carbocycles. The van der Waals surface area contributed by atoms with E-state index >= 15 is 0 Å². The zero-order valence-electron chi connectivity index (χ0n) is 13.0. The van der Waals surface area contributed by atoms with Gasteiger partial charge < -0.3 is 9.15 Å². The highest BCUT2D eigenvalue weighted by Gasteiger charge is 2.14. The number of nitrogens with zero attached hydrogens (tertiary/aromatic N) is 2. The van der Waals surface area contributed by atoms with Crippen LogP contribution in [0.2, 0.25) is 0 Å². The first kappa shape index (κ1) is 17.5. The summed E-state index contributed by atoms with van der Waals surface area (Å²) < 4.78 is 13.0. The van der Waals surface area contributed by atoms with Crippen molar-refractivity contribution < 1.29 is 9.15 Å². The first-order valence-corrected chi connectivity index (χ1v) is 8.91. The molecular weight excluding hydrogens is 448 g/mol. The molecule has 4 nitrogen and oxygen atoms in total. The Morgan fingerprint density at radius 3 is 2.84 bits per heavy atom. The van der Waals surface area contributed by atoms with E-state index in [1.807, 2.05) is 36.4 Å². The molecule has 6 heteroatoms. The Kier molecular flexibility index (Phi) is 5.37. The normalized spacial score (nSPS) is 11.3. The van der Waals surface area contributed by atoms with Gasteiger partial charge in [-0.25, -0.2) is 4.98 Å². The number of nitriles is 1. The maximum absolute atomic E-state index is 9.57. The van der Waals surface area contributed by atoms with E-state index in [2.05, 4.69) is 49.5 Å². The topological polar surface area (TPSA) is 59.0 Å². The average Bonchev–Trinajstić information content (AvgIpc) is 3.02. The molecule has 124 valence electrons. The third kappa shape index (κ3) is 3.84. The maximum atomic E-state index is 9.57. The van der Waals surface area contributed by atoms with Crippen LogP contribution in [0.25, 0.3) is 22.7 Å². The van der Waals surface area contributed by atoms with Gasteiger partial charge in [0.15, 0.2) is 5.58 Å². The summed E-state index contributed by atoms with van der Waals surface area (Å²) in [5.74, 6) is 0.890. The minimum absolute atomic E-state index is 0.273. The van der Waals surface area contributed by atoms with E-state index in [1.165, 1.54) is 0 Å². The molecule has 0 fully saturated rings. The third-order valence-electron chi connectivity index (χ3n) is 3.33. The number of halogens is 2. The smallest absolute Gasteiger partial charge is 0.238 e. The van der Waals surface area contributed by atoms with Crippen molar-refractivity contribution in [3.63, 3.8) is 0 Å². The van der Waals surface area contributed by atoms with Gasteiger partial charge in [0, 0.05) is 10.0 Å². The SMILES string of the molecule is C=CCOc1c(Br)cc(Br)cc1/C=C(\C#N)c1nc2ccccc2o1. The number of hydrogen-bond donors (Lipinski definition) is 0. The van der Waals surface area contributed by atoms with Gasteiger partial charge >= 0.3 is 0 Å². The molecule has 0 saturated heterocycles. The molecule has 0 aliphatic heterocycles. The predicted molar refractivity (Wildman–Crippen MR) is 105 cm³/mol. The van der Waals surface area contributed by atoms with Gasteiger partial charge in [0.05, 0.1) is 4.47 Å². The third-order valence-corrected chi connectivity index (χ3v) is 4.37. The van der Waals surface area contributed by atoms with Crippen LogP contribution >= 0.6 is 31.9 Å². The van der Waals surface area contributed by atoms with Crippen molar-refractivity contribution in [2.75, 3.05) is 6.61 Å². The van der Waals surface area contributed by atoms with Crippen LogP contribution in [0.3, 0.4) is 0 Å². The zero-order chi connectivity index (χ0) is 17.8. The lowest BCUT2D eigenvalue weighted by atomic mass is 10.1. The summed E-state index contributed by atoms with van der Waals surface area (Å²) >= 11 is 6.94. The fourth-order valence-corrected chi connectivity index (χ4v) is 3.64. The largest absolute Gasteiger partial charge is 0.488 e. The van der Waals surface area contributed by atoms with Crippen molar-refractivity contribution in [1.29, 1.82) is 5.26 Å². The summed E-state index contributed by atoms with van der Waals surface area (Å²) in [6.07, 6.45) is 3.35. The highest BCUT2D eigenvalue weighted by atomic mass is 79.9. The molecule has 0 aliphatic carbocycles. The molecule has 0 bridgehead atoms. The van der Waals surface area contributed by atoms with Gasteiger partial charge in [-0.3, -0.25) is 0 Å². The van der Waals surface area contributed by atoms with E-state index < -0.39 is 0 Å². The molecule has 0 unspecified atom stereocenters. The van der Waals surface area contributed by atoms with E-state index in [0.717, 1.165) is 14.5 Å². The lowest BCUT2D eigenvalue weighted by molar-refractivity contribution is 0.360. The molecule has 0 atom stereocenters.